The molecule has 4 aromatic heterocycles. The van der Waals surface area contributed by atoms with Crippen molar-refractivity contribution in [3.05, 3.63) is 42.0 Å². The Hall–Kier alpha value is -4.03. The van der Waals surface area contributed by atoms with Crippen LogP contribution in [0.1, 0.15) is 22.6 Å². The normalized spacial score (nSPS) is 18.2. The molecular formula is C24H26N8O4. The first-order valence-electron chi connectivity index (χ1n) is 11.9. The Morgan fingerprint density at radius 3 is 2.78 bits per heavy atom. The lowest BCUT2D eigenvalue weighted by atomic mass is 10.2. The molecule has 0 aromatic carbocycles. The van der Waals surface area contributed by atoms with Gasteiger partial charge in [-0.25, -0.2) is 9.97 Å². The first-order chi connectivity index (χ1) is 17.5. The van der Waals surface area contributed by atoms with Crippen LogP contribution in [0, 0.1) is 6.92 Å². The summed E-state index contributed by atoms with van der Waals surface area (Å²) in [5, 5.41) is 2.94. The number of amides is 1. The summed E-state index contributed by atoms with van der Waals surface area (Å²) < 4.78 is 17.0. The number of hydrogen-bond acceptors (Lipinski definition) is 11. The standard InChI is InChI=1S/C24H26N8O4/c1-14-10-15(2-4-26-14)23-28-18(13-35-23)22(33)27-17-11-19-20(29-21(17)32-5-3-16(25)12-32)30-24(36-19)31-6-8-34-9-7-31/h2,4,10-11,13,16H,3,5-9,12,25H2,1H3,(H,27,33). The zero-order chi connectivity index (χ0) is 24.6. The second kappa shape index (κ2) is 9.21. The SMILES string of the molecule is Cc1cc(-c2nc(C(=O)Nc3cc4oc(N5CCOCC5)nc4nc3N3CCC(N)C3)co2)ccn1. The monoisotopic (exact) mass is 490 g/mol. The van der Waals surface area contributed by atoms with Crippen LogP contribution < -0.4 is 20.9 Å². The summed E-state index contributed by atoms with van der Waals surface area (Å²) in [5.41, 5.74) is 9.32. The fourth-order valence-electron chi connectivity index (χ4n) is 4.42. The van der Waals surface area contributed by atoms with Crippen molar-refractivity contribution < 1.29 is 18.4 Å². The van der Waals surface area contributed by atoms with Crippen molar-refractivity contribution in [2.45, 2.75) is 19.4 Å². The molecule has 12 nitrogen and oxygen atoms in total. The van der Waals surface area contributed by atoms with Crippen molar-refractivity contribution >= 4 is 34.7 Å². The minimum Gasteiger partial charge on any atom is -0.444 e. The number of rotatable bonds is 5. The van der Waals surface area contributed by atoms with Gasteiger partial charge in [-0.05, 0) is 25.5 Å². The Morgan fingerprint density at radius 1 is 1.14 bits per heavy atom. The van der Waals surface area contributed by atoms with Gasteiger partial charge in [-0.2, -0.15) is 4.98 Å². The lowest BCUT2D eigenvalue weighted by Gasteiger charge is -2.24. The molecule has 0 aliphatic carbocycles. The van der Waals surface area contributed by atoms with Crippen molar-refractivity contribution in [1.29, 1.82) is 0 Å². The maximum Gasteiger partial charge on any atom is 0.300 e. The largest absolute Gasteiger partial charge is 0.444 e. The molecule has 2 fully saturated rings. The third-order valence-electron chi connectivity index (χ3n) is 6.29. The maximum absolute atomic E-state index is 13.2. The zero-order valence-corrected chi connectivity index (χ0v) is 19.8. The number of anilines is 3. The number of aryl methyl sites for hydroxylation is 1. The Bertz CT molecular complexity index is 1410. The van der Waals surface area contributed by atoms with Crippen LogP contribution >= 0.6 is 0 Å². The highest BCUT2D eigenvalue weighted by Gasteiger charge is 2.27. The van der Waals surface area contributed by atoms with Crippen molar-refractivity contribution in [3.8, 4) is 11.5 Å². The zero-order valence-electron chi connectivity index (χ0n) is 19.8. The molecule has 186 valence electrons. The molecule has 0 spiro atoms. The van der Waals surface area contributed by atoms with Gasteiger partial charge in [0.25, 0.3) is 11.9 Å². The average molecular weight is 491 g/mol. The van der Waals surface area contributed by atoms with Crippen LogP contribution in [0.2, 0.25) is 0 Å². The predicted molar refractivity (Wildman–Crippen MR) is 132 cm³/mol. The van der Waals surface area contributed by atoms with E-state index in [1.54, 1.807) is 18.3 Å². The highest BCUT2D eigenvalue weighted by Crippen LogP contribution is 2.33. The van der Waals surface area contributed by atoms with Crippen LogP contribution in [-0.4, -0.2) is 71.3 Å². The Kier molecular flexibility index (Phi) is 5.74. The molecule has 4 aromatic rings. The second-order valence-corrected chi connectivity index (χ2v) is 8.95. The predicted octanol–water partition coefficient (Wildman–Crippen LogP) is 2.21. The van der Waals surface area contributed by atoms with E-state index in [1.165, 1.54) is 6.26 Å². The van der Waals surface area contributed by atoms with E-state index < -0.39 is 5.91 Å². The van der Waals surface area contributed by atoms with Crippen molar-refractivity contribution in [2.75, 3.05) is 54.5 Å². The summed E-state index contributed by atoms with van der Waals surface area (Å²) in [6, 6.07) is 5.90. The number of nitrogens with one attached hydrogen (secondary N) is 1. The van der Waals surface area contributed by atoms with E-state index in [4.69, 9.17) is 24.3 Å². The smallest absolute Gasteiger partial charge is 0.300 e. The summed E-state index contributed by atoms with van der Waals surface area (Å²) in [5.74, 6) is 0.518. The van der Waals surface area contributed by atoms with Crippen molar-refractivity contribution in [3.63, 3.8) is 0 Å². The molecule has 2 aliphatic rings. The quantitative estimate of drug-likeness (QED) is 0.424. The number of fused-ring (bicyclic) bond motifs is 1. The number of carbonyl (C=O) groups is 1. The molecule has 1 unspecified atom stereocenters. The third-order valence-corrected chi connectivity index (χ3v) is 6.29. The maximum atomic E-state index is 13.2. The van der Waals surface area contributed by atoms with Gasteiger partial charge in [0, 0.05) is 55.7 Å². The topological polar surface area (TPSA) is 149 Å². The van der Waals surface area contributed by atoms with Crippen molar-refractivity contribution in [1.82, 2.24) is 19.9 Å². The number of morpholine rings is 1. The number of oxazole rings is 2. The third kappa shape index (κ3) is 4.36. The number of pyridine rings is 2. The molecule has 2 aliphatic heterocycles. The fraction of sp³-hybridized carbons (Fsp3) is 0.375. The van der Waals surface area contributed by atoms with Gasteiger partial charge in [0.15, 0.2) is 17.1 Å². The van der Waals surface area contributed by atoms with Crippen LogP contribution in [0.25, 0.3) is 22.7 Å². The number of nitrogens with two attached hydrogens (primary N) is 1. The van der Waals surface area contributed by atoms with E-state index in [-0.39, 0.29) is 11.7 Å². The number of aromatic nitrogens is 4. The van der Waals surface area contributed by atoms with E-state index in [0.29, 0.717) is 67.5 Å². The molecule has 0 radical (unpaired) electrons. The van der Waals surface area contributed by atoms with Gasteiger partial charge in [-0.3, -0.25) is 9.78 Å². The van der Waals surface area contributed by atoms with Crippen LogP contribution in [-0.2, 0) is 4.74 Å². The van der Waals surface area contributed by atoms with Gasteiger partial charge in [0.1, 0.15) is 6.26 Å². The summed E-state index contributed by atoms with van der Waals surface area (Å²) in [7, 11) is 0. The Balaban J connectivity index is 1.31. The molecule has 3 N–H and O–H groups in total. The van der Waals surface area contributed by atoms with Gasteiger partial charge in [-0.1, -0.05) is 0 Å². The highest BCUT2D eigenvalue weighted by atomic mass is 16.5. The van der Waals surface area contributed by atoms with Crippen LogP contribution in [0.5, 0.6) is 0 Å². The van der Waals surface area contributed by atoms with Crippen LogP contribution in [0.3, 0.4) is 0 Å². The summed E-state index contributed by atoms with van der Waals surface area (Å²) in [4.78, 5) is 35.1. The van der Waals surface area contributed by atoms with Gasteiger partial charge in [0.05, 0.1) is 18.9 Å². The molecule has 0 saturated carbocycles. The summed E-state index contributed by atoms with van der Waals surface area (Å²) in [6.07, 6.45) is 3.84. The lowest BCUT2D eigenvalue weighted by Crippen LogP contribution is -2.36. The van der Waals surface area contributed by atoms with E-state index in [2.05, 4.69) is 25.2 Å². The Labute approximate surface area is 206 Å². The van der Waals surface area contributed by atoms with Gasteiger partial charge in [0.2, 0.25) is 11.5 Å². The van der Waals surface area contributed by atoms with E-state index in [1.807, 2.05) is 17.9 Å². The second-order valence-electron chi connectivity index (χ2n) is 8.95. The first-order valence-corrected chi connectivity index (χ1v) is 11.9. The number of carbonyl (C=O) groups excluding carboxylic acids is 1. The van der Waals surface area contributed by atoms with Gasteiger partial charge < -0.3 is 34.4 Å². The molecule has 6 heterocycles. The summed E-state index contributed by atoms with van der Waals surface area (Å²) in [6.45, 7) is 5.85. The van der Waals surface area contributed by atoms with E-state index >= 15 is 0 Å². The average Bonchev–Trinajstić information content (AvgIpc) is 3.63. The number of nitrogens with zero attached hydrogens (tertiary/aromatic N) is 6. The lowest BCUT2D eigenvalue weighted by molar-refractivity contribution is 0.102. The molecule has 1 amide bonds. The molecule has 12 heteroatoms. The van der Waals surface area contributed by atoms with Crippen LogP contribution in [0.4, 0.5) is 17.5 Å². The molecule has 2 saturated heterocycles. The van der Waals surface area contributed by atoms with Crippen molar-refractivity contribution in [2.24, 2.45) is 5.73 Å². The van der Waals surface area contributed by atoms with Gasteiger partial charge in [-0.15, -0.1) is 0 Å². The highest BCUT2D eigenvalue weighted by molar-refractivity contribution is 6.05. The number of hydrogen-bond donors (Lipinski definition) is 2. The van der Waals surface area contributed by atoms with Crippen LogP contribution in [0.15, 0.2) is 39.5 Å². The molecule has 0 bridgehead atoms. The Morgan fingerprint density at radius 2 is 2.00 bits per heavy atom. The number of ether oxygens (including phenoxy) is 1. The minimum absolute atomic E-state index is 0.0363. The van der Waals surface area contributed by atoms with E-state index in [9.17, 15) is 4.79 Å². The molecule has 1 atom stereocenters. The minimum atomic E-state index is -0.422. The van der Waals surface area contributed by atoms with E-state index in [0.717, 1.165) is 24.2 Å². The first kappa shape index (κ1) is 22.4. The molecule has 6 rings (SSSR count). The summed E-state index contributed by atoms with van der Waals surface area (Å²) >= 11 is 0. The fourth-order valence-corrected chi connectivity index (χ4v) is 4.42. The molecular weight excluding hydrogens is 464 g/mol. The molecule has 36 heavy (non-hydrogen) atoms. The van der Waals surface area contributed by atoms with Gasteiger partial charge >= 0.3 is 0 Å².